The average molecular weight is 263 g/mol. The smallest absolute Gasteiger partial charge is 0.0915 e. The van der Waals surface area contributed by atoms with Gasteiger partial charge in [-0.2, -0.15) is 0 Å². The van der Waals surface area contributed by atoms with Crippen LogP contribution in [-0.4, -0.2) is 47.7 Å². The van der Waals surface area contributed by atoms with Crippen molar-refractivity contribution >= 4 is 0 Å². The van der Waals surface area contributed by atoms with Crippen molar-refractivity contribution in [3.05, 3.63) is 30.1 Å². The zero-order valence-corrected chi connectivity index (χ0v) is 11.9. The van der Waals surface area contributed by atoms with Gasteiger partial charge in [-0.15, -0.1) is 0 Å². The molecule has 0 spiro atoms. The summed E-state index contributed by atoms with van der Waals surface area (Å²) in [6, 6.07) is 4.20. The fraction of sp³-hybridized carbons (Fsp3) is 0.667. The third-order valence-corrected chi connectivity index (χ3v) is 4.19. The highest BCUT2D eigenvalue weighted by molar-refractivity contribution is 5.13. The lowest BCUT2D eigenvalue weighted by molar-refractivity contribution is 0.150. The van der Waals surface area contributed by atoms with Crippen LogP contribution < -0.4 is 5.32 Å². The number of pyridine rings is 1. The molecule has 2 heterocycles. The lowest BCUT2D eigenvalue weighted by Crippen LogP contribution is -2.41. The van der Waals surface area contributed by atoms with Crippen molar-refractivity contribution in [2.45, 2.75) is 31.9 Å². The molecule has 0 aromatic carbocycles. The molecule has 106 valence electrons. The van der Waals surface area contributed by atoms with E-state index in [0.717, 1.165) is 11.5 Å². The number of hydrogen-bond acceptors (Lipinski definition) is 4. The van der Waals surface area contributed by atoms with E-state index in [9.17, 15) is 5.11 Å². The number of aromatic nitrogens is 1. The predicted molar refractivity (Wildman–Crippen MR) is 76.9 cm³/mol. The Bertz CT molecular complexity index is 363. The molecule has 19 heavy (non-hydrogen) atoms. The molecule has 1 aliphatic rings. The predicted octanol–water partition coefficient (Wildman–Crippen LogP) is 1.43. The Balaban J connectivity index is 1.75. The molecule has 1 fully saturated rings. The van der Waals surface area contributed by atoms with Gasteiger partial charge in [0.05, 0.1) is 6.10 Å². The Labute approximate surface area is 115 Å². The summed E-state index contributed by atoms with van der Waals surface area (Å²) in [4.78, 5) is 6.35. The fourth-order valence-corrected chi connectivity index (χ4v) is 2.70. The quantitative estimate of drug-likeness (QED) is 0.844. The summed E-state index contributed by atoms with van der Waals surface area (Å²) in [7, 11) is 2.18. The minimum atomic E-state index is -0.447. The van der Waals surface area contributed by atoms with Crippen LogP contribution in [0.3, 0.4) is 0 Å². The van der Waals surface area contributed by atoms with Gasteiger partial charge in [0.2, 0.25) is 0 Å². The maximum atomic E-state index is 10.1. The summed E-state index contributed by atoms with van der Waals surface area (Å²) in [6.45, 7) is 5.21. The molecule has 2 unspecified atom stereocenters. The van der Waals surface area contributed by atoms with Crippen LogP contribution in [0.15, 0.2) is 24.5 Å². The van der Waals surface area contributed by atoms with Gasteiger partial charge in [-0.25, -0.2) is 0 Å². The van der Waals surface area contributed by atoms with Gasteiger partial charge in [-0.05, 0) is 63.5 Å². The first kappa shape index (κ1) is 14.4. The molecule has 0 bridgehead atoms. The second kappa shape index (κ2) is 6.98. The first-order valence-corrected chi connectivity index (χ1v) is 7.16. The van der Waals surface area contributed by atoms with E-state index in [-0.39, 0.29) is 0 Å². The molecule has 0 radical (unpaired) electrons. The molecular formula is C15H25N3O. The standard InChI is InChI=1S/C15H25N3O/c1-12(13-5-9-18(2)10-6-13)17-11-15(19)14-3-7-16-8-4-14/h3-4,7-8,12-13,15,17,19H,5-6,9-11H2,1-2H3. The van der Waals surface area contributed by atoms with E-state index in [1.807, 2.05) is 12.1 Å². The topological polar surface area (TPSA) is 48.4 Å². The normalized spacial score (nSPS) is 21.2. The molecule has 2 atom stereocenters. The molecule has 2 N–H and O–H groups in total. The van der Waals surface area contributed by atoms with E-state index in [1.54, 1.807) is 12.4 Å². The molecule has 1 aromatic heterocycles. The van der Waals surface area contributed by atoms with Crippen molar-refractivity contribution < 1.29 is 5.11 Å². The second-order valence-electron chi connectivity index (χ2n) is 5.63. The molecule has 1 aliphatic heterocycles. The summed E-state index contributed by atoms with van der Waals surface area (Å²) < 4.78 is 0. The van der Waals surface area contributed by atoms with E-state index < -0.39 is 6.10 Å². The van der Waals surface area contributed by atoms with Crippen LogP contribution in [0.2, 0.25) is 0 Å². The summed E-state index contributed by atoms with van der Waals surface area (Å²) in [6.07, 6.45) is 5.49. The monoisotopic (exact) mass is 263 g/mol. The van der Waals surface area contributed by atoms with Crippen molar-refractivity contribution in [1.82, 2.24) is 15.2 Å². The molecule has 1 saturated heterocycles. The van der Waals surface area contributed by atoms with E-state index in [2.05, 4.69) is 29.2 Å². The Morgan fingerprint density at radius 3 is 2.63 bits per heavy atom. The highest BCUT2D eigenvalue weighted by Crippen LogP contribution is 2.20. The van der Waals surface area contributed by atoms with Crippen molar-refractivity contribution in [2.75, 3.05) is 26.7 Å². The summed E-state index contributed by atoms with van der Waals surface area (Å²) in [5, 5.41) is 13.6. The number of hydrogen-bond donors (Lipinski definition) is 2. The summed E-state index contributed by atoms with van der Waals surface area (Å²) in [5.74, 6) is 0.723. The number of likely N-dealkylation sites (tertiary alicyclic amines) is 1. The maximum absolute atomic E-state index is 10.1. The van der Waals surface area contributed by atoms with Gasteiger partial charge in [-0.1, -0.05) is 0 Å². The van der Waals surface area contributed by atoms with E-state index >= 15 is 0 Å². The van der Waals surface area contributed by atoms with Crippen molar-refractivity contribution in [3.63, 3.8) is 0 Å². The van der Waals surface area contributed by atoms with Gasteiger partial charge in [0, 0.05) is 25.0 Å². The molecule has 2 rings (SSSR count). The van der Waals surface area contributed by atoms with Gasteiger partial charge in [0.1, 0.15) is 0 Å². The Morgan fingerprint density at radius 1 is 1.37 bits per heavy atom. The van der Waals surface area contributed by atoms with Gasteiger partial charge < -0.3 is 15.3 Å². The van der Waals surface area contributed by atoms with Gasteiger partial charge in [0.15, 0.2) is 0 Å². The number of nitrogens with zero attached hydrogens (tertiary/aromatic N) is 2. The molecular weight excluding hydrogens is 238 g/mol. The van der Waals surface area contributed by atoms with E-state index in [0.29, 0.717) is 12.6 Å². The largest absolute Gasteiger partial charge is 0.387 e. The van der Waals surface area contributed by atoms with Crippen LogP contribution in [0.1, 0.15) is 31.4 Å². The highest BCUT2D eigenvalue weighted by Gasteiger charge is 2.22. The fourth-order valence-electron chi connectivity index (χ4n) is 2.70. The van der Waals surface area contributed by atoms with Crippen LogP contribution in [-0.2, 0) is 0 Å². The lowest BCUT2D eigenvalue weighted by atomic mass is 9.90. The number of aliphatic hydroxyl groups excluding tert-OH is 1. The minimum Gasteiger partial charge on any atom is -0.387 e. The van der Waals surface area contributed by atoms with Gasteiger partial charge >= 0.3 is 0 Å². The summed E-state index contributed by atoms with van der Waals surface area (Å²) in [5.41, 5.74) is 0.929. The SMILES string of the molecule is CC(NCC(O)c1ccncc1)C1CCN(C)CC1. The first-order chi connectivity index (χ1) is 9.16. The molecule has 0 saturated carbocycles. The molecule has 4 heteroatoms. The Kier molecular flexibility index (Phi) is 5.31. The van der Waals surface area contributed by atoms with E-state index in [1.165, 1.54) is 25.9 Å². The third kappa shape index (κ3) is 4.27. The van der Waals surface area contributed by atoms with Gasteiger partial charge in [0.25, 0.3) is 0 Å². The van der Waals surface area contributed by atoms with Crippen LogP contribution in [0.5, 0.6) is 0 Å². The second-order valence-corrected chi connectivity index (χ2v) is 5.63. The number of aliphatic hydroxyl groups is 1. The van der Waals surface area contributed by atoms with Crippen molar-refractivity contribution in [3.8, 4) is 0 Å². The Hall–Kier alpha value is -0.970. The zero-order valence-electron chi connectivity index (χ0n) is 11.9. The van der Waals surface area contributed by atoms with E-state index in [4.69, 9.17) is 0 Å². The first-order valence-electron chi connectivity index (χ1n) is 7.16. The third-order valence-electron chi connectivity index (χ3n) is 4.19. The van der Waals surface area contributed by atoms with Crippen LogP contribution in [0.25, 0.3) is 0 Å². The number of piperidine rings is 1. The lowest BCUT2D eigenvalue weighted by Gasteiger charge is -2.33. The van der Waals surface area contributed by atoms with Gasteiger partial charge in [-0.3, -0.25) is 4.98 Å². The Morgan fingerprint density at radius 2 is 2.00 bits per heavy atom. The highest BCUT2D eigenvalue weighted by atomic mass is 16.3. The molecule has 1 aromatic rings. The molecule has 4 nitrogen and oxygen atoms in total. The number of rotatable bonds is 5. The van der Waals surface area contributed by atoms with Crippen LogP contribution in [0, 0.1) is 5.92 Å². The molecule has 0 amide bonds. The maximum Gasteiger partial charge on any atom is 0.0915 e. The number of nitrogens with one attached hydrogen (secondary N) is 1. The minimum absolute atomic E-state index is 0.447. The van der Waals surface area contributed by atoms with Crippen LogP contribution in [0.4, 0.5) is 0 Å². The van der Waals surface area contributed by atoms with Crippen LogP contribution >= 0.6 is 0 Å². The van der Waals surface area contributed by atoms with Crippen molar-refractivity contribution in [1.29, 1.82) is 0 Å². The van der Waals surface area contributed by atoms with Crippen molar-refractivity contribution in [2.24, 2.45) is 5.92 Å². The molecule has 0 aliphatic carbocycles. The average Bonchev–Trinajstić information content (AvgIpc) is 2.46. The summed E-state index contributed by atoms with van der Waals surface area (Å²) >= 11 is 0. The zero-order chi connectivity index (χ0) is 13.7.